The molecule has 2 atom stereocenters. The Kier molecular flexibility index (Phi) is 9.77. The molecule has 2 unspecified atom stereocenters. The molecule has 37 heavy (non-hydrogen) atoms. The molecule has 200 valence electrons. The van der Waals surface area contributed by atoms with Crippen molar-refractivity contribution in [1.29, 1.82) is 0 Å². The number of nitrogens with zero attached hydrogens (tertiary/aromatic N) is 1. The van der Waals surface area contributed by atoms with Crippen molar-refractivity contribution in [1.82, 2.24) is 10.6 Å². The predicted molar refractivity (Wildman–Crippen MR) is 148 cm³/mol. The van der Waals surface area contributed by atoms with E-state index in [1.54, 1.807) is 6.07 Å². The molecule has 1 heterocycles. The Morgan fingerprint density at radius 1 is 1.14 bits per heavy atom. The second kappa shape index (κ2) is 12.6. The summed E-state index contributed by atoms with van der Waals surface area (Å²) in [4.78, 5) is 4.72. The Bertz CT molecular complexity index is 1190. The molecule has 3 rings (SSSR count). The van der Waals surface area contributed by atoms with Gasteiger partial charge in [0.25, 0.3) is 0 Å². The molecule has 9 heteroatoms. The van der Waals surface area contributed by atoms with Gasteiger partial charge in [0.15, 0.2) is 0 Å². The molecular weight excluding hydrogens is 499 g/mol. The monoisotopic (exact) mass is 534 g/mol. The highest BCUT2D eigenvalue weighted by Crippen LogP contribution is 2.37. The van der Waals surface area contributed by atoms with Gasteiger partial charge in [0.05, 0.1) is 11.3 Å². The van der Waals surface area contributed by atoms with Crippen LogP contribution in [0.15, 0.2) is 59.2 Å². The van der Waals surface area contributed by atoms with Crippen molar-refractivity contribution in [3.8, 4) is 0 Å². The summed E-state index contributed by atoms with van der Waals surface area (Å²) in [5.74, 6) is 0.0391. The lowest BCUT2D eigenvalue weighted by atomic mass is 9.98. The average molecular weight is 535 g/mol. The van der Waals surface area contributed by atoms with Gasteiger partial charge in [-0.05, 0) is 49.2 Å². The van der Waals surface area contributed by atoms with Gasteiger partial charge in [0.1, 0.15) is 17.8 Å². The van der Waals surface area contributed by atoms with Gasteiger partial charge in [-0.2, -0.15) is 13.2 Å². The molecule has 0 saturated carbocycles. The largest absolute Gasteiger partial charge is 0.416 e. The number of halogens is 4. The van der Waals surface area contributed by atoms with Crippen LogP contribution in [0.2, 0.25) is 0 Å². The minimum absolute atomic E-state index is 0.0451. The van der Waals surface area contributed by atoms with Crippen LogP contribution in [0, 0.1) is 5.82 Å². The molecule has 0 amide bonds. The van der Waals surface area contributed by atoms with Gasteiger partial charge in [-0.3, -0.25) is 0 Å². The minimum Gasteiger partial charge on any atom is -0.384 e. The highest BCUT2D eigenvalue weighted by Gasteiger charge is 2.36. The van der Waals surface area contributed by atoms with E-state index in [1.165, 1.54) is 24.3 Å². The number of unbranched alkanes of at least 4 members (excludes halogenated alkanes) is 1. The fourth-order valence-electron chi connectivity index (χ4n) is 4.34. The summed E-state index contributed by atoms with van der Waals surface area (Å²) in [5.41, 5.74) is 2.73. The summed E-state index contributed by atoms with van der Waals surface area (Å²) in [6.07, 6.45) is -1.45. The Labute approximate surface area is 218 Å². The second-order valence-corrected chi connectivity index (χ2v) is 9.59. The van der Waals surface area contributed by atoms with E-state index in [2.05, 4.69) is 38.7 Å². The first-order valence-electron chi connectivity index (χ1n) is 12.6. The molecular formula is C28H35F4N4P. The minimum atomic E-state index is -4.51. The van der Waals surface area contributed by atoms with Gasteiger partial charge in [0.2, 0.25) is 0 Å². The lowest BCUT2D eigenvalue weighted by Crippen LogP contribution is -2.36. The molecule has 0 radical (unpaired) electrons. The van der Waals surface area contributed by atoms with Gasteiger partial charge >= 0.3 is 6.18 Å². The molecule has 0 fully saturated rings. The summed E-state index contributed by atoms with van der Waals surface area (Å²) in [6.45, 7) is 10.9. The molecule has 0 aliphatic carbocycles. The smallest absolute Gasteiger partial charge is 0.384 e. The third-order valence-corrected chi connectivity index (χ3v) is 6.65. The van der Waals surface area contributed by atoms with Gasteiger partial charge in [-0.25, -0.2) is 9.38 Å². The normalized spacial score (nSPS) is 15.8. The van der Waals surface area contributed by atoms with Crippen LogP contribution >= 0.6 is 9.24 Å². The van der Waals surface area contributed by atoms with Crippen LogP contribution in [0.25, 0.3) is 5.70 Å². The SMILES string of the molecule is C=C(NC1=NC(c2ccccc2C(F)(F)F)NC(CC)=C1CCCC)c1cc(F)cc(P)c1NCCC. The Morgan fingerprint density at radius 3 is 2.51 bits per heavy atom. The van der Waals surface area contributed by atoms with E-state index in [0.29, 0.717) is 41.8 Å². The summed E-state index contributed by atoms with van der Waals surface area (Å²) >= 11 is 0. The van der Waals surface area contributed by atoms with Crippen molar-refractivity contribution in [2.24, 2.45) is 4.99 Å². The number of allylic oxidation sites excluding steroid dienone is 1. The van der Waals surface area contributed by atoms with Gasteiger partial charge in [-0.15, -0.1) is 9.24 Å². The average Bonchev–Trinajstić information content (AvgIpc) is 2.86. The molecule has 1 aliphatic rings. The summed E-state index contributed by atoms with van der Waals surface area (Å²) in [5, 5.41) is 10.5. The molecule has 0 bridgehead atoms. The summed E-state index contributed by atoms with van der Waals surface area (Å²) in [7, 11) is 2.54. The number of hydrogen-bond acceptors (Lipinski definition) is 4. The standard InChI is InChI=1S/C28H35F4N4P/c1-5-8-11-20-23(7-3)35-26(19-12-9-10-13-22(19)28(30,31)32)36-27(20)34-17(4)21-15-18(29)16-24(37)25(21)33-14-6-2/h9-10,12-13,15-16,26,33,35H,4-8,11,14,37H2,1-3H3,(H,34,36). The number of benzene rings is 2. The first-order valence-corrected chi connectivity index (χ1v) is 13.2. The molecule has 4 nitrogen and oxygen atoms in total. The number of rotatable bonds is 10. The maximum atomic E-state index is 14.4. The summed E-state index contributed by atoms with van der Waals surface area (Å²) in [6, 6.07) is 8.29. The first kappa shape index (κ1) is 28.7. The zero-order valence-electron chi connectivity index (χ0n) is 21.5. The highest BCUT2D eigenvalue weighted by molar-refractivity contribution is 7.28. The Morgan fingerprint density at radius 2 is 1.86 bits per heavy atom. The van der Waals surface area contributed by atoms with Crippen LogP contribution in [0.3, 0.4) is 0 Å². The molecule has 2 aromatic carbocycles. The summed E-state index contributed by atoms with van der Waals surface area (Å²) < 4.78 is 55.8. The van der Waals surface area contributed by atoms with Crippen molar-refractivity contribution in [3.63, 3.8) is 0 Å². The van der Waals surface area contributed by atoms with Crippen LogP contribution in [-0.4, -0.2) is 12.4 Å². The van der Waals surface area contributed by atoms with E-state index in [9.17, 15) is 17.6 Å². The maximum Gasteiger partial charge on any atom is 0.416 e. The Balaban J connectivity index is 2.08. The molecule has 3 N–H and O–H groups in total. The van der Waals surface area contributed by atoms with E-state index in [-0.39, 0.29) is 5.56 Å². The van der Waals surface area contributed by atoms with Crippen LogP contribution in [0.5, 0.6) is 0 Å². The lowest BCUT2D eigenvalue weighted by molar-refractivity contribution is -0.138. The van der Waals surface area contributed by atoms with Gasteiger partial charge in [0, 0.05) is 34.6 Å². The zero-order valence-corrected chi connectivity index (χ0v) is 22.7. The van der Waals surface area contributed by atoms with Crippen LogP contribution in [-0.2, 0) is 6.18 Å². The first-order chi connectivity index (χ1) is 17.6. The lowest BCUT2D eigenvalue weighted by Gasteiger charge is -2.31. The van der Waals surface area contributed by atoms with E-state index in [1.807, 2.05) is 13.8 Å². The highest BCUT2D eigenvalue weighted by atomic mass is 31.0. The molecule has 2 aromatic rings. The van der Waals surface area contributed by atoms with Crippen molar-refractivity contribution >= 4 is 31.8 Å². The van der Waals surface area contributed by atoms with Crippen molar-refractivity contribution in [2.45, 2.75) is 65.2 Å². The third-order valence-electron chi connectivity index (χ3n) is 6.19. The van der Waals surface area contributed by atoms with E-state index < -0.39 is 23.7 Å². The Hall–Kier alpha value is -2.86. The van der Waals surface area contributed by atoms with Crippen LogP contribution < -0.4 is 21.3 Å². The van der Waals surface area contributed by atoms with E-state index >= 15 is 0 Å². The van der Waals surface area contributed by atoms with Gasteiger partial charge in [-0.1, -0.05) is 52.0 Å². The number of aliphatic imine (C=N–C) groups is 1. The number of hydrogen-bond donors (Lipinski definition) is 3. The van der Waals surface area contributed by atoms with E-state index in [0.717, 1.165) is 42.3 Å². The van der Waals surface area contributed by atoms with E-state index in [4.69, 9.17) is 4.99 Å². The predicted octanol–water partition coefficient (Wildman–Crippen LogP) is 7.28. The quantitative estimate of drug-likeness (QED) is 0.222. The zero-order chi connectivity index (χ0) is 27.2. The number of alkyl halides is 3. The maximum absolute atomic E-state index is 14.4. The third kappa shape index (κ3) is 6.92. The molecule has 0 saturated heterocycles. The number of nitrogens with one attached hydrogen (secondary N) is 3. The van der Waals surface area contributed by atoms with Gasteiger partial charge < -0.3 is 16.0 Å². The molecule has 0 aromatic heterocycles. The number of anilines is 1. The topological polar surface area (TPSA) is 48.5 Å². The van der Waals surface area contributed by atoms with Crippen LogP contribution in [0.4, 0.5) is 23.2 Å². The second-order valence-electron chi connectivity index (χ2n) is 8.97. The molecule has 0 spiro atoms. The van der Waals surface area contributed by atoms with Crippen LogP contribution in [0.1, 0.15) is 75.7 Å². The number of amidine groups is 1. The molecule has 1 aliphatic heterocycles. The van der Waals surface area contributed by atoms with Crippen molar-refractivity contribution < 1.29 is 17.6 Å². The fourth-order valence-corrected chi connectivity index (χ4v) is 4.76. The van der Waals surface area contributed by atoms with Crippen molar-refractivity contribution in [3.05, 3.63) is 76.8 Å². The van der Waals surface area contributed by atoms with Crippen molar-refractivity contribution in [2.75, 3.05) is 11.9 Å². The fraction of sp³-hybridized carbons (Fsp3) is 0.393.